The molecule has 0 aliphatic heterocycles. The van der Waals surface area contributed by atoms with Crippen molar-refractivity contribution >= 4 is 7.12 Å². The van der Waals surface area contributed by atoms with Crippen LogP contribution in [0.2, 0.25) is 5.82 Å². The maximum absolute atomic E-state index is 8.77. The highest BCUT2D eigenvalue weighted by Crippen LogP contribution is 2.48. The van der Waals surface area contributed by atoms with Gasteiger partial charge in [-0.1, -0.05) is 32.6 Å². The molecule has 64 valence electrons. The van der Waals surface area contributed by atoms with Gasteiger partial charge in [-0.05, 0) is 18.2 Å². The summed E-state index contributed by atoms with van der Waals surface area (Å²) in [5.74, 6) is 0.813. The minimum Gasteiger partial charge on any atom is -0.427 e. The van der Waals surface area contributed by atoms with Gasteiger partial charge in [-0.25, -0.2) is 0 Å². The molecule has 0 aromatic rings. The topological polar surface area (TPSA) is 40.5 Å². The van der Waals surface area contributed by atoms with E-state index in [4.69, 9.17) is 10.0 Å². The van der Waals surface area contributed by atoms with E-state index in [1.165, 1.54) is 25.7 Å². The fourth-order valence-electron chi connectivity index (χ4n) is 1.62. The third kappa shape index (κ3) is 2.84. The van der Waals surface area contributed by atoms with Gasteiger partial charge in [-0.3, -0.25) is 0 Å². The Morgan fingerprint density at radius 2 is 2.09 bits per heavy atom. The summed E-state index contributed by atoms with van der Waals surface area (Å²) in [7, 11) is -1.05. The first-order valence-electron chi connectivity index (χ1n) is 4.61. The second-order valence-corrected chi connectivity index (χ2v) is 3.57. The summed E-state index contributed by atoms with van der Waals surface area (Å²) >= 11 is 0. The molecule has 1 rings (SSSR count). The van der Waals surface area contributed by atoms with Gasteiger partial charge in [-0.15, -0.1) is 0 Å². The molecular weight excluding hydrogens is 139 g/mol. The van der Waals surface area contributed by atoms with Crippen LogP contribution in [-0.4, -0.2) is 17.2 Å². The van der Waals surface area contributed by atoms with Crippen LogP contribution < -0.4 is 0 Å². The van der Waals surface area contributed by atoms with Gasteiger partial charge in [0.25, 0.3) is 0 Å². The van der Waals surface area contributed by atoms with E-state index in [2.05, 4.69) is 6.92 Å². The average molecular weight is 156 g/mol. The molecule has 1 fully saturated rings. The Morgan fingerprint density at radius 1 is 1.36 bits per heavy atom. The summed E-state index contributed by atoms with van der Waals surface area (Å²) in [5, 5.41) is 17.5. The molecule has 11 heavy (non-hydrogen) atoms. The Kier molecular flexibility index (Phi) is 3.40. The quantitative estimate of drug-likeness (QED) is 0.466. The van der Waals surface area contributed by atoms with Gasteiger partial charge in [0.2, 0.25) is 0 Å². The van der Waals surface area contributed by atoms with Crippen molar-refractivity contribution in [3.05, 3.63) is 0 Å². The molecule has 0 radical (unpaired) electrons. The first kappa shape index (κ1) is 9.08. The normalized spacial score (nSPS) is 28.6. The largest absolute Gasteiger partial charge is 0.455 e. The zero-order valence-electron chi connectivity index (χ0n) is 7.16. The summed E-state index contributed by atoms with van der Waals surface area (Å²) in [5.41, 5.74) is 0. The van der Waals surface area contributed by atoms with Crippen molar-refractivity contribution < 1.29 is 10.0 Å². The van der Waals surface area contributed by atoms with E-state index in [9.17, 15) is 0 Å². The third-order valence-corrected chi connectivity index (χ3v) is 2.54. The molecule has 0 heterocycles. The van der Waals surface area contributed by atoms with Crippen LogP contribution >= 0.6 is 0 Å². The standard InChI is InChI=1S/C8H17BO2/c1-2-3-4-5-7-6-8(7)9(10)11/h7-8,10-11H,2-6H2,1H3. The molecule has 0 aromatic carbocycles. The fraction of sp³-hybridized carbons (Fsp3) is 1.00. The number of hydrogen-bond donors (Lipinski definition) is 2. The molecule has 2 atom stereocenters. The lowest BCUT2D eigenvalue weighted by atomic mass is 9.81. The monoisotopic (exact) mass is 156 g/mol. The number of rotatable bonds is 5. The average Bonchev–Trinajstić information content (AvgIpc) is 2.68. The van der Waals surface area contributed by atoms with E-state index < -0.39 is 7.12 Å². The summed E-state index contributed by atoms with van der Waals surface area (Å²) in [6.07, 6.45) is 6.01. The Morgan fingerprint density at radius 3 is 2.55 bits per heavy atom. The highest BCUT2D eigenvalue weighted by molar-refractivity contribution is 6.44. The van der Waals surface area contributed by atoms with E-state index in [0.717, 1.165) is 6.42 Å². The van der Waals surface area contributed by atoms with Gasteiger partial charge < -0.3 is 10.0 Å². The maximum Gasteiger partial charge on any atom is 0.455 e. The lowest BCUT2D eigenvalue weighted by Crippen LogP contribution is -2.11. The van der Waals surface area contributed by atoms with Crippen molar-refractivity contribution in [2.75, 3.05) is 0 Å². The van der Waals surface area contributed by atoms with Crippen LogP contribution in [0.5, 0.6) is 0 Å². The zero-order chi connectivity index (χ0) is 8.27. The predicted molar refractivity (Wildman–Crippen MR) is 46.2 cm³/mol. The SMILES string of the molecule is CCCCCC1CC1B(O)O. The maximum atomic E-state index is 8.77. The van der Waals surface area contributed by atoms with E-state index in [1.54, 1.807) is 0 Å². The lowest BCUT2D eigenvalue weighted by molar-refractivity contribution is 0.398. The van der Waals surface area contributed by atoms with Gasteiger partial charge in [0.15, 0.2) is 0 Å². The van der Waals surface area contributed by atoms with Crippen LogP contribution in [0.1, 0.15) is 39.0 Å². The molecule has 0 aromatic heterocycles. The molecule has 2 unspecified atom stereocenters. The minimum atomic E-state index is -1.05. The van der Waals surface area contributed by atoms with Gasteiger partial charge in [0, 0.05) is 0 Å². The van der Waals surface area contributed by atoms with Crippen molar-refractivity contribution in [2.45, 2.75) is 44.8 Å². The van der Waals surface area contributed by atoms with Crippen LogP contribution in [-0.2, 0) is 0 Å². The molecule has 3 heteroatoms. The third-order valence-electron chi connectivity index (χ3n) is 2.54. The molecule has 2 nitrogen and oxygen atoms in total. The molecule has 1 saturated carbocycles. The predicted octanol–water partition coefficient (Wildman–Crippen LogP) is 1.43. The molecule has 0 amide bonds. The van der Waals surface area contributed by atoms with E-state index >= 15 is 0 Å². The lowest BCUT2D eigenvalue weighted by Gasteiger charge is -1.97. The summed E-state index contributed by atoms with van der Waals surface area (Å²) in [6, 6.07) is 0. The first-order valence-corrected chi connectivity index (χ1v) is 4.61. The minimum absolute atomic E-state index is 0.201. The molecular formula is C8H17BO2. The van der Waals surface area contributed by atoms with Crippen molar-refractivity contribution in [1.29, 1.82) is 0 Å². The van der Waals surface area contributed by atoms with Crippen LogP contribution in [0.15, 0.2) is 0 Å². The van der Waals surface area contributed by atoms with Crippen molar-refractivity contribution in [1.82, 2.24) is 0 Å². The van der Waals surface area contributed by atoms with Gasteiger partial charge >= 0.3 is 7.12 Å². The fourth-order valence-corrected chi connectivity index (χ4v) is 1.62. The van der Waals surface area contributed by atoms with Gasteiger partial charge in [-0.2, -0.15) is 0 Å². The second kappa shape index (κ2) is 4.12. The summed E-state index contributed by atoms with van der Waals surface area (Å²) in [4.78, 5) is 0. The van der Waals surface area contributed by atoms with Crippen LogP contribution in [0.4, 0.5) is 0 Å². The molecule has 2 N–H and O–H groups in total. The molecule has 1 aliphatic rings. The van der Waals surface area contributed by atoms with E-state index in [1.807, 2.05) is 0 Å². The zero-order valence-corrected chi connectivity index (χ0v) is 7.16. The van der Waals surface area contributed by atoms with Crippen LogP contribution in [0.25, 0.3) is 0 Å². The highest BCUT2D eigenvalue weighted by atomic mass is 16.4. The Labute approximate surface area is 68.8 Å². The Bertz CT molecular complexity index is 117. The highest BCUT2D eigenvalue weighted by Gasteiger charge is 2.44. The van der Waals surface area contributed by atoms with Crippen molar-refractivity contribution in [2.24, 2.45) is 5.92 Å². The van der Waals surface area contributed by atoms with Crippen molar-refractivity contribution in [3.63, 3.8) is 0 Å². The van der Waals surface area contributed by atoms with Gasteiger partial charge in [0.1, 0.15) is 0 Å². The first-order chi connectivity index (χ1) is 5.25. The second-order valence-electron chi connectivity index (χ2n) is 3.57. The summed E-state index contributed by atoms with van der Waals surface area (Å²) in [6.45, 7) is 2.19. The van der Waals surface area contributed by atoms with Gasteiger partial charge in [0.05, 0.1) is 0 Å². The van der Waals surface area contributed by atoms with Crippen molar-refractivity contribution in [3.8, 4) is 0 Å². The summed E-state index contributed by atoms with van der Waals surface area (Å²) < 4.78 is 0. The Balaban J connectivity index is 1.96. The molecule has 0 spiro atoms. The van der Waals surface area contributed by atoms with Crippen LogP contribution in [0.3, 0.4) is 0 Å². The molecule has 0 bridgehead atoms. The Hall–Kier alpha value is -0.0151. The van der Waals surface area contributed by atoms with E-state index in [0.29, 0.717) is 5.92 Å². The smallest absolute Gasteiger partial charge is 0.427 e. The van der Waals surface area contributed by atoms with Crippen LogP contribution in [0, 0.1) is 5.92 Å². The molecule has 1 aliphatic carbocycles. The van der Waals surface area contributed by atoms with E-state index in [-0.39, 0.29) is 5.82 Å². The number of unbranched alkanes of at least 4 members (excludes halogenated alkanes) is 2. The molecule has 0 saturated heterocycles. The number of hydrogen-bond acceptors (Lipinski definition) is 2.